The van der Waals surface area contributed by atoms with Crippen molar-refractivity contribution in [3.63, 3.8) is 0 Å². The van der Waals surface area contributed by atoms with Crippen molar-refractivity contribution < 1.29 is 4.39 Å². The Morgan fingerprint density at radius 2 is 1.80 bits per heavy atom. The van der Waals surface area contributed by atoms with E-state index in [0.29, 0.717) is 6.54 Å². The van der Waals surface area contributed by atoms with Gasteiger partial charge in [0.25, 0.3) is 0 Å². The van der Waals surface area contributed by atoms with E-state index in [0.717, 1.165) is 43.5 Å². The summed E-state index contributed by atoms with van der Waals surface area (Å²) in [6.45, 7) is 4.76. The maximum atomic E-state index is 14.4. The number of halogens is 1. The molecule has 4 rings (SSSR count). The summed E-state index contributed by atoms with van der Waals surface area (Å²) in [4.78, 5) is 4.77. The molecule has 3 aromatic rings. The van der Waals surface area contributed by atoms with Crippen LogP contribution in [0.15, 0.2) is 66.7 Å². The second-order valence-electron chi connectivity index (χ2n) is 8.33. The maximum absolute atomic E-state index is 14.4. The molecule has 1 aliphatic heterocycles. The highest BCUT2D eigenvalue weighted by Gasteiger charge is 2.22. The second-order valence-corrected chi connectivity index (χ2v) is 8.33. The smallest absolute Gasteiger partial charge is 0.126 e. The van der Waals surface area contributed by atoms with Crippen molar-refractivity contribution in [2.24, 2.45) is 0 Å². The number of hydrogen-bond donors (Lipinski definition) is 0. The molecule has 3 aromatic carbocycles. The van der Waals surface area contributed by atoms with Gasteiger partial charge in [0.2, 0.25) is 0 Å². The molecule has 2 nitrogen and oxygen atoms in total. The summed E-state index contributed by atoms with van der Waals surface area (Å²) >= 11 is 0. The van der Waals surface area contributed by atoms with Crippen molar-refractivity contribution in [1.82, 2.24) is 0 Å². The van der Waals surface area contributed by atoms with Gasteiger partial charge in [-0.2, -0.15) is 0 Å². The molecule has 3 heteroatoms. The van der Waals surface area contributed by atoms with E-state index in [1.54, 1.807) is 6.07 Å². The van der Waals surface area contributed by atoms with Gasteiger partial charge >= 0.3 is 0 Å². The van der Waals surface area contributed by atoms with Gasteiger partial charge in [-0.05, 0) is 53.6 Å². The number of para-hydroxylation sites is 1. The van der Waals surface area contributed by atoms with Gasteiger partial charge in [-0.25, -0.2) is 4.39 Å². The first kappa shape index (κ1) is 20.5. The molecule has 0 saturated carbocycles. The Kier molecular flexibility index (Phi) is 6.37. The Morgan fingerprint density at radius 1 is 0.967 bits per heavy atom. The molecule has 30 heavy (non-hydrogen) atoms. The number of aryl methyl sites for hydroxylation is 2. The van der Waals surface area contributed by atoms with Crippen LogP contribution < -0.4 is 9.80 Å². The molecule has 0 unspecified atom stereocenters. The van der Waals surface area contributed by atoms with Gasteiger partial charge < -0.3 is 9.80 Å². The molecule has 0 radical (unpaired) electrons. The van der Waals surface area contributed by atoms with Crippen LogP contribution in [0.4, 0.5) is 15.8 Å². The number of fused-ring (bicyclic) bond motifs is 1. The lowest BCUT2D eigenvalue weighted by molar-refractivity contribution is 0.604. The quantitative estimate of drug-likeness (QED) is 0.453. The molecule has 0 aliphatic carbocycles. The zero-order chi connectivity index (χ0) is 20.9. The van der Waals surface area contributed by atoms with Gasteiger partial charge in [-0.3, -0.25) is 0 Å². The second kappa shape index (κ2) is 9.34. The van der Waals surface area contributed by atoms with Gasteiger partial charge in [-0.1, -0.05) is 67.9 Å². The monoisotopic (exact) mass is 402 g/mol. The molecule has 0 fully saturated rings. The molecule has 0 atom stereocenters. The van der Waals surface area contributed by atoms with Gasteiger partial charge in [0.1, 0.15) is 5.82 Å². The molecule has 0 aromatic heterocycles. The van der Waals surface area contributed by atoms with Gasteiger partial charge in [-0.15, -0.1) is 0 Å². The van der Waals surface area contributed by atoms with Crippen LogP contribution >= 0.6 is 0 Å². The van der Waals surface area contributed by atoms with E-state index < -0.39 is 0 Å². The molecular weight excluding hydrogens is 371 g/mol. The fourth-order valence-corrected chi connectivity index (χ4v) is 4.51. The van der Waals surface area contributed by atoms with Crippen LogP contribution in [0.3, 0.4) is 0 Å². The first-order valence-corrected chi connectivity index (χ1v) is 11.0. The molecular formula is C27H31FN2. The van der Waals surface area contributed by atoms with E-state index in [1.165, 1.54) is 28.9 Å². The van der Waals surface area contributed by atoms with Crippen molar-refractivity contribution in [3.8, 4) is 0 Å². The first-order chi connectivity index (χ1) is 14.7. The molecule has 0 bridgehead atoms. The van der Waals surface area contributed by atoms with Crippen molar-refractivity contribution in [3.05, 3.63) is 94.8 Å². The first-order valence-electron chi connectivity index (χ1n) is 11.0. The molecule has 0 saturated heterocycles. The van der Waals surface area contributed by atoms with Crippen LogP contribution in [-0.2, 0) is 25.9 Å². The maximum Gasteiger partial charge on any atom is 0.126 e. The summed E-state index contributed by atoms with van der Waals surface area (Å²) in [6, 6.07) is 23.0. The standard InChI is InChI=1S/C27H31FN2/c1-3-9-23-16-15-22(18-25(23)28)19-29(2)26-14-7-12-24-13-8-17-30(27(24)26)20-21-10-5-4-6-11-21/h4-7,10-12,14-16,18H,3,8-9,13,17,19-20H2,1-2H3. The fraction of sp³-hybridized carbons (Fsp3) is 0.333. The molecule has 0 N–H and O–H groups in total. The number of rotatable bonds is 7. The van der Waals surface area contributed by atoms with Crippen LogP contribution in [0.5, 0.6) is 0 Å². The van der Waals surface area contributed by atoms with Crippen LogP contribution in [0.2, 0.25) is 0 Å². The van der Waals surface area contributed by atoms with Gasteiger partial charge in [0.15, 0.2) is 0 Å². The minimum absolute atomic E-state index is 0.0801. The lowest BCUT2D eigenvalue weighted by Gasteiger charge is -2.36. The Morgan fingerprint density at radius 3 is 2.57 bits per heavy atom. The normalized spacial score (nSPS) is 13.2. The van der Waals surface area contributed by atoms with Crippen LogP contribution in [0.25, 0.3) is 0 Å². The summed E-state index contributed by atoms with van der Waals surface area (Å²) < 4.78 is 14.4. The largest absolute Gasteiger partial charge is 0.369 e. The average molecular weight is 403 g/mol. The van der Waals surface area contributed by atoms with Gasteiger partial charge in [0.05, 0.1) is 11.4 Å². The summed E-state index contributed by atoms with van der Waals surface area (Å²) in [5, 5.41) is 0. The predicted molar refractivity (Wildman–Crippen MR) is 125 cm³/mol. The zero-order valence-corrected chi connectivity index (χ0v) is 18.1. The van der Waals surface area contributed by atoms with E-state index in [1.807, 2.05) is 6.07 Å². The van der Waals surface area contributed by atoms with E-state index in [2.05, 4.69) is 78.4 Å². The Labute approximate surface area is 180 Å². The van der Waals surface area contributed by atoms with Crippen molar-refractivity contribution >= 4 is 11.4 Å². The van der Waals surface area contributed by atoms with Crippen LogP contribution in [0.1, 0.15) is 42.0 Å². The topological polar surface area (TPSA) is 6.48 Å². The minimum Gasteiger partial charge on any atom is -0.369 e. The van der Waals surface area contributed by atoms with Crippen molar-refractivity contribution in [2.45, 2.75) is 45.7 Å². The van der Waals surface area contributed by atoms with E-state index in [9.17, 15) is 4.39 Å². The summed E-state index contributed by atoms with van der Waals surface area (Å²) in [7, 11) is 2.11. The number of anilines is 2. The van der Waals surface area contributed by atoms with E-state index in [-0.39, 0.29) is 5.82 Å². The summed E-state index contributed by atoms with van der Waals surface area (Å²) in [5.41, 5.74) is 7.12. The zero-order valence-electron chi connectivity index (χ0n) is 18.1. The average Bonchev–Trinajstić information content (AvgIpc) is 2.76. The highest BCUT2D eigenvalue weighted by Crippen LogP contribution is 2.38. The molecule has 0 spiro atoms. The molecule has 1 aliphatic rings. The van der Waals surface area contributed by atoms with E-state index >= 15 is 0 Å². The fourth-order valence-electron chi connectivity index (χ4n) is 4.51. The third-order valence-electron chi connectivity index (χ3n) is 5.97. The van der Waals surface area contributed by atoms with Crippen molar-refractivity contribution in [1.29, 1.82) is 0 Å². The van der Waals surface area contributed by atoms with Crippen LogP contribution in [0, 0.1) is 5.82 Å². The Bertz CT molecular complexity index is 983. The predicted octanol–water partition coefficient (Wildman–Crippen LogP) is 6.37. The third-order valence-corrected chi connectivity index (χ3v) is 5.97. The van der Waals surface area contributed by atoms with Crippen LogP contribution in [-0.4, -0.2) is 13.6 Å². The number of benzene rings is 3. The molecule has 0 amide bonds. The number of hydrogen-bond acceptors (Lipinski definition) is 2. The lowest BCUT2D eigenvalue weighted by Crippen LogP contribution is -2.31. The van der Waals surface area contributed by atoms with Gasteiger partial charge in [0, 0.05) is 26.7 Å². The minimum atomic E-state index is -0.0801. The molecule has 156 valence electrons. The highest BCUT2D eigenvalue weighted by molar-refractivity contribution is 5.75. The Balaban J connectivity index is 1.59. The number of nitrogens with zero attached hydrogens (tertiary/aromatic N) is 2. The lowest BCUT2D eigenvalue weighted by atomic mass is 9.99. The SMILES string of the molecule is CCCc1ccc(CN(C)c2cccc3c2N(Cc2ccccc2)CCC3)cc1F. The third kappa shape index (κ3) is 4.51. The van der Waals surface area contributed by atoms with E-state index in [4.69, 9.17) is 0 Å². The highest BCUT2D eigenvalue weighted by atomic mass is 19.1. The van der Waals surface area contributed by atoms with Crippen molar-refractivity contribution in [2.75, 3.05) is 23.4 Å². The Hall–Kier alpha value is -2.81. The summed E-state index contributed by atoms with van der Waals surface area (Å²) in [6.07, 6.45) is 4.05. The molecule has 1 heterocycles. The summed E-state index contributed by atoms with van der Waals surface area (Å²) in [5.74, 6) is -0.0801.